The standard InChI is InChI=1S/C19H25N/c1-4-16-5-7-17(8-6-16)12-19(13-20)18-10-14(2)9-15(3)11-18/h5-11,19H,4,12-13,20H2,1-3H3. The van der Waals surface area contributed by atoms with Gasteiger partial charge in [-0.15, -0.1) is 0 Å². The van der Waals surface area contributed by atoms with Crippen molar-refractivity contribution < 1.29 is 0 Å². The first-order chi connectivity index (χ1) is 9.62. The van der Waals surface area contributed by atoms with Crippen LogP contribution >= 0.6 is 0 Å². The van der Waals surface area contributed by atoms with E-state index in [1.807, 2.05) is 0 Å². The third-order valence-corrected chi connectivity index (χ3v) is 3.91. The first kappa shape index (κ1) is 14.8. The molecule has 0 heterocycles. The lowest BCUT2D eigenvalue weighted by molar-refractivity contribution is 0.693. The van der Waals surface area contributed by atoms with E-state index >= 15 is 0 Å². The molecule has 1 heteroatoms. The molecule has 0 aromatic heterocycles. The van der Waals surface area contributed by atoms with Gasteiger partial charge in [-0.3, -0.25) is 0 Å². The van der Waals surface area contributed by atoms with Gasteiger partial charge in [0.2, 0.25) is 0 Å². The van der Waals surface area contributed by atoms with E-state index in [0.29, 0.717) is 12.5 Å². The molecule has 0 amide bonds. The zero-order chi connectivity index (χ0) is 14.5. The predicted molar refractivity (Wildman–Crippen MR) is 87.2 cm³/mol. The molecule has 2 rings (SSSR count). The number of hydrogen-bond acceptors (Lipinski definition) is 1. The van der Waals surface area contributed by atoms with Crippen LogP contribution in [-0.4, -0.2) is 6.54 Å². The van der Waals surface area contributed by atoms with Crippen molar-refractivity contribution in [2.75, 3.05) is 6.54 Å². The first-order valence-corrected chi connectivity index (χ1v) is 7.48. The minimum atomic E-state index is 0.404. The van der Waals surface area contributed by atoms with Crippen LogP contribution in [0, 0.1) is 13.8 Å². The van der Waals surface area contributed by atoms with Gasteiger partial charge in [0, 0.05) is 5.92 Å². The van der Waals surface area contributed by atoms with E-state index in [1.54, 1.807) is 0 Å². The molecule has 2 N–H and O–H groups in total. The molecule has 0 radical (unpaired) electrons. The predicted octanol–water partition coefficient (Wildman–Crippen LogP) is 4.15. The van der Waals surface area contributed by atoms with Crippen molar-refractivity contribution in [2.45, 2.75) is 39.5 Å². The van der Waals surface area contributed by atoms with Crippen molar-refractivity contribution in [1.29, 1.82) is 0 Å². The second kappa shape index (κ2) is 6.71. The van der Waals surface area contributed by atoms with E-state index in [2.05, 4.69) is 63.2 Å². The van der Waals surface area contributed by atoms with Crippen LogP contribution in [0.15, 0.2) is 42.5 Å². The van der Waals surface area contributed by atoms with Crippen molar-refractivity contribution >= 4 is 0 Å². The largest absolute Gasteiger partial charge is 0.330 e. The van der Waals surface area contributed by atoms with Gasteiger partial charge in [0.05, 0.1) is 0 Å². The lowest BCUT2D eigenvalue weighted by Gasteiger charge is -2.17. The number of hydrogen-bond donors (Lipinski definition) is 1. The van der Waals surface area contributed by atoms with Gasteiger partial charge in [-0.1, -0.05) is 60.5 Å². The van der Waals surface area contributed by atoms with Gasteiger partial charge in [0.25, 0.3) is 0 Å². The highest BCUT2D eigenvalue weighted by Crippen LogP contribution is 2.22. The summed E-state index contributed by atoms with van der Waals surface area (Å²) in [4.78, 5) is 0. The quantitative estimate of drug-likeness (QED) is 0.865. The Balaban J connectivity index is 2.19. The summed E-state index contributed by atoms with van der Waals surface area (Å²) in [6.07, 6.45) is 2.11. The highest BCUT2D eigenvalue weighted by atomic mass is 14.5. The maximum absolute atomic E-state index is 6.01. The van der Waals surface area contributed by atoms with Crippen LogP contribution < -0.4 is 5.73 Å². The van der Waals surface area contributed by atoms with E-state index in [0.717, 1.165) is 12.8 Å². The molecule has 0 aliphatic rings. The Kier molecular flexibility index (Phi) is 4.97. The van der Waals surface area contributed by atoms with Gasteiger partial charge in [0.1, 0.15) is 0 Å². The molecule has 2 aromatic carbocycles. The second-order valence-corrected chi connectivity index (χ2v) is 5.73. The van der Waals surface area contributed by atoms with Crippen LogP contribution in [0.5, 0.6) is 0 Å². The maximum atomic E-state index is 6.01. The number of nitrogens with two attached hydrogens (primary N) is 1. The van der Waals surface area contributed by atoms with Gasteiger partial charge in [-0.05, 0) is 49.9 Å². The Labute approximate surface area is 122 Å². The summed E-state index contributed by atoms with van der Waals surface area (Å²) in [5, 5.41) is 0. The molecular weight excluding hydrogens is 242 g/mol. The number of rotatable bonds is 5. The zero-order valence-electron chi connectivity index (χ0n) is 12.8. The van der Waals surface area contributed by atoms with Crippen LogP contribution in [0.2, 0.25) is 0 Å². The third kappa shape index (κ3) is 3.71. The summed E-state index contributed by atoms with van der Waals surface area (Å²) in [5.74, 6) is 0.404. The van der Waals surface area contributed by atoms with E-state index in [1.165, 1.54) is 27.8 Å². The summed E-state index contributed by atoms with van der Waals surface area (Å²) in [5.41, 5.74) is 12.8. The average Bonchev–Trinajstić information content (AvgIpc) is 2.44. The lowest BCUT2D eigenvalue weighted by atomic mass is 9.90. The second-order valence-electron chi connectivity index (χ2n) is 5.73. The SMILES string of the molecule is CCc1ccc(CC(CN)c2cc(C)cc(C)c2)cc1. The molecule has 2 aromatic rings. The summed E-state index contributed by atoms with van der Waals surface area (Å²) in [7, 11) is 0. The molecule has 20 heavy (non-hydrogen) atoms. The van der Waals surface area contributed by atoms with Crippen LogP contribution in [-0.2, 0) is 12.8 Å². The van der Waals surface area contributed by atoms with Crippen molar-refractivity contribution in [2.24, 2.45) is 5.73 Å². The van der Waals surface area contributed by atoms with E-state index in [-0.39, 0.29) is 0 Å². The minimum Gasteiger partial charge on any atom is -0.330 e. The summed E-state index contributed by atoms with van der Waals surface area (Å²) in [6.45, 7) is 7.19. The topological polar surface area (TPSA) is 26.0 Å². The molecule has 1 nitrogen and oxygen atoms in total. The monoisotopic (exact) mass is 267 g/mol. The molecule has 0 aliphatic heterocycles. The van der Waals surface area contributed by atoms with Gasteiger partial charge >= 0.3 is 0 Å². The van der Waals surface area contributed by atoms with Gasteiger partial charge in [-0.25, -0.2) is 0 Å². The van der Waals surface area contributed by atoms with Crippen molar-refractivity contribution in [3.05, 3.63) is 70.3 Å². The Hall–Kier alpha value is -1.60. The molecule has 106 valence electrons. The normalized spacial score (nSPS) is 12.4. The smallest absolute Gasteiger partial charge is 0.000177 e. The molecule has 1 unspecified atom stereocenters. The fourth-order valence-electron chi connectivity index (χ4n) is 2.78. The molecule has 0 saturated heterocycles. The Bertz CT molecular complexity index is 534. The third-order valence-electron chi connectivity index (χ3n) is 3.91. The summed E-state index contributed by atoms with van der Waals surface area (Å²) < 4.78 is 0. The number of benzene rings is 2. The molecule has 0 aliphatic carbocycles. The Morgan fingerprint density at radius 2 is 1.45 bits per heavy atom. The van der Waals surface area contributed by atoms with Gasteiger partial charge in [-0.2, -0.15) is 0 Å². The van der Waals surface area contributed by atoms with E-state index in [9.17, 15) is 0 Å². The van der Waals surface area contributed by atoms with Crippen LogP contribution in [0.25, 0.3) is 0 Å². The first-order valence-electron chi connectivity index (χ1n) is 7.48. The Morgan fingerprint density at radius 1 is 0.900 bits per heavy atom. The highest BCUT2D eigenvalue weighted by Gasteiger charge is 2.11. The van der Waals surface area contributed by atoms with Crippen LogP contribution in [0.4, 0.5) is 0 Å². The molecule has 1 atom stereocenters. The fourth-order valence-corrected chi connectivity index (χ4v) is 2.78. The van der Waals surface area contributed by atoms with Gasteiger partial charge < -0.3 is 5.73 Å². The molecule has 0 saturated carbocycles. The molecule has 0 spiro atoms. The highest BCUT2D eigenvalue weighted by molar-refractivity contribution is 5.33. The fraction of sp³-hybridized carbons (Fsp3) is 0.368. The van der Waals surface area contributed by atoms with Crippen molar-refractivity contribution in [1.82, 2.24) is 0 Å². The molecule has 0 fully saturated rings. The van der Waals surface area contributed by atoms with Crippen LogP contribution in [0.1, 0.15) is 40.7 Å². The lowest BCUT2D eigenvalue weighted by Crippen LogP contribution is -2.15. The van der Waals surface area contributed by atoms with Crippen LogP contribution in [0.3, 0.4) is 0 Å². The number of aryl methyl sites for hydroxylation is 3. The summed E-state index contributed by atoms with van der Waals surface area (Å²) in [6, 6.07) is 15.7. The average molecular weight is 267 g/mol. The van der Waals surface area contributed by atoms with Gasteiger partial charge in [0.15, 0.2) is 0 Å². The molecular formula is C19H25N. The van der Waals surface area contributed by atoms with Crippen molar-refractivity contribution in [3.63, 3.8) is 0 Å². The maximum Gasteiger partial charge on any atom is 0.000177 e. The van der Waals surface area contributed by atoms with E-state index < -0.39 is 0 Å². The van der Waals surface area contributed by atoms with E-state index in [4.69, 9.17) is 5.73 Å². The Morgan fingerprint density at radius 3 is 1.95 bits per heavy atom. The van der Waals surface area contributed by atoms with Crippen molar-refractivity contribution in [3.8, 4) is 0 Å². The minimum absolute atomic E-state index is 0.404. The molecule has 0 bridgehead atoms. The zero-order valence-corrected chi connectivity index (χ0v) is 12.8. The summed E-state index contributed by atoms with van der Waals surface area (Å²) >= 11 is 0.